The monoisotopic (exact) mass is 202 g/mol. The minimum Gasteiger partial charge on any atom is -0.376 e. The van der Waals surface area contributed by atoms with Gasteiger partial charge in [0, 0.05) is 0 Å². The standard InChI is InChI=1S/C14H18O/c1-4-5-14(15)13-8-6-12(7-9-13)10-11(2)3/h6-9,11,14-15H,10H2,1-3H3. The van der Waals surface area contributed by atoms with E-state index < -0.39 is 6.10 Å². The van der Waals surface area contributed by atoms with Crippen molar-refractivity contribution in [2.75, 3.05) is 0 Å². The van der Waals surface area contributed by atoms with Crippen molar-refractivity contribution in [1.82, 2.24) is 0 Å². The molecule has 0 saturated carbocycles. The van der Waals surface area contributed by atoms with Crippen molar-refractivity contribution in [2.24, 2.45) is 5.92 Å². The van der Waals surface area contributed by atoms with Crippen LogP contribution in [0.5, 0.6) is 0 Å². The van der Waals surface area contributed by atoms with Crippen LogP contribution in [0.2, 0.25) is 0 Å². The molecule has 0 heterocycles. The molecular formula is C14H18O. The van der Waals surface area contributed by atoms with Gasteiger partial charge >= 0.3 is 0 Å². The Labute approximate surface area is 92.1 Å². The zero-order valence-electron chi connectivity index (χ0n) is 9.62. The van der Waals surface area contributed by atoms with E-state index >= 15 is 0 Å². The SMILES string of the molecule is CC#CC(O)c1ccc(CC(C)C)cc1. The second-order valence-electron chi connectivity index (χ2n) is 4.14. The fraction of sp³-hybridized carbons (Fsp3) is 0.429. The Morgan fingerprint density at radius 1 is 1.20 bits per heavy atom. The molecule has 0 aliphatic rings. The fourth-order valence-electron chi connectivity index (χ4n) is 1.53. The first kappa shape index (κ1) is 11.8. The van der Waals surface area contributed by atoms with E-state index in [2.05, 4.69) is 37.8 Å². The molecular weight excluding hydrogens is 184 g/mol. The average molecular weight is 202 g/mol. The van der Waals surface area contributed by atoms with Crippen molar-refractivity contribution < 1.29 is 5.11 Å². The van der Waals surface area contributed by atoms with E-state index in [0.717, 1.165) is 12.0 Å². The fourth-order valence-corrected chi connectivity index (χ4v) is 1.53. The van der Waals surface area contributed by atoms with Gasteiger partial charge in [-0.3, -0.25) is 0 Å². The van der Waals surface area contributed by atoms with Crippen molar-refractivity contribution in [3.8, 4) is 11.8 Å². The molecule has 1 nitrogen and oxygen atoms in total. The van der Waals surface area contributed by atoms with E-state index in [0.29, 0.717) is 5.92 Å². The summed E-state index contributed by atoms with van der Waals surface area (Å²) < 4.78 is 0. The quantitative estimate of drug-likeness (QED) is 0.747. The van der Waals surface area contributed by atoms with Gasteiger partial charge in [0.2, 0.25) is 0 Å². The highest BCUT2D eigenvalue weighted by Crippen LogP contribution is 2.15. The van der Waals surface area contributed by atoms with Crippen LogP contribution in [0.4, 0.5) is 0 Å². The van der Waals surface area contributed by atoms with Crippen LogP contribution in [-0.2, 0) is 6.42 Å². The van der Waals surface area contributed by atoms with Crippen molar-refractivity contribution in [3.05, 3.63) is 35.4 Å². The van der Waals surface area contributed by atoms with Crippen LogP contribution in [0.25, 0.3) is 0 Å². The zero-order chi connectivity index (χ0) is 11.3. The molecule has 0 aliphatic heterocycles. The Bertz CT molecular complexity index is 351. The van der Waals surface area contributed by atoms with Crippen molar-refractivity contribution in [3.63, 3.8) is 0 Å². The third-order valence-corrected chi connectivity index (χ3v) is 2.22. The minimum absolute atomic E-state index is 0.650. The number of aliphatic hydroxyl groups excluding tert-OH is 1. The van der Waals surface area contributed by atoms with E-state index in [1.165, 1.54) is 5.56 Å². The van der Waals surface area contributed by atoms with Crippen LogP contribution in [-0.4, -0.2) is 5.11 Å². The van der Waals surface area contributed by atoms with Gasteiger partial charge < -0.3 is 5.11 Å². The summed E-state index contributed by atoms with van der Waals surface area (Å²) in [5.41, 5.74) is 2.18. The molecule has 0 saturated heterocycles. The smallest absolute Gasteiger partial charge is 0.140 e. The number of hydrogen-bond donors (Lipinski definition) is 1. The molecule has 0 amide bonds. The third kappa shape index (κ3) is 3.77. The van der Waals surface area contributed by atoms with Gasteiger partial charge in [-0.25, -0.2) is 0 Å². The maximum atomic E-state index is 9.62. The highest BCUT2D eigenvalue weighted by molar-refractivity contribution is 5.28. The van der Waals surface area contributed by atoms with Crippen LogP contribution < -0.4 is 0 Å². The summed E-state index contributed by atoms with van der Waals surface area (Å²) in [7, 11) is 0. The normalized spacial score (nSPS) is 12.1. The van der Waals surface area contributed by atoms with Crippen LogP contribution in [0.3, 0.4) is 0 Å². The Kier molecular flexibility index (Phi) is 4.39. The summed E-state index contributed by atoms with van der Waals surface area (Å²) in [6, 6.07) is 8.03. The van der Waals surface area contributed by atoms with Crippen LogP contribution in [0, 0.1) is 17.8 Å². The molecule has 0 radical (unpaired) electrons. The Balaban J connectivity index is 2.74. The van der Waals surface area contributed by atoms with Gasteiger partial charge in [-0.15, -0.1) is 5.92 Å². The molecule has 0 aliphatic carbocycles. The molecule has 1 unspecified atom stereocenters. The molecule has 0 fully saturated rings. The van der Waals surface area contributed by atoms with E-state index in [4.69, 9.17) is 0 Å². The number of hydrogen-bond acceptors (Lipinski definition) is 1. The van der Waals surface area contributed by atoms with Crippen molar-refractivity contribution in [2.45, 2.75) is 33.3 Å². The molecule has 1 rings (SSSR count). The minimum atomic E-state index is -0.650. The lowest BCUT2D eigenvalue weighted by Gasteiger charge is -2.07. The second kappa shape index (κ2) is 5.58. The van der Waals surface area contributed by atoms with Crippen LogP contribution in [0.15, 0.2) is 24.3 Å². The van der Waals surface area contributed by atoms with Gasteiger partial charge in [0.05, 0.1) is 0 Å². The number of benzene rings is 1. The van der Waals surface area contributed by atoms with Gasteiger partial charge in [-0.1, -0.05) is 44.0 Å². The zero-order valence-corrected chi connectivity index (χ0v) is 9.62. The van der Waals surface area contributed by atoms with Gasteiger partial charge in [-0.05, 0) is 30.4 Å². The molecule has 0 bridgehead atoms. The molecule has 1 heteroatoms. The summed E-state index contributed by atoms with van der Waals surface area (Å²) in [6.45, 7) is 6.13. The summed E-state index contributed by atoms with van der Waals surface area (Å²) in [4.78, 5) is 0. The van der Waals surface area contributed by atoms with Crippen molar-refractivity contribution in [1.29, 1.82) is 0 Å². The summed E-state index contributed by atoms with van der Waals surface area (Å²) >= 11 is 0. The van der Waals surface area contributed by atoms with Crippen molar-refractivity contribution >= 4 is 0 Å². The maximum Gasteiger partial charge on any atom is 0.140 e. The predicted octanol–water partition coefficient (Wildman–Crippen LogP) is 2.94. The number of aliphatic hydroxyl groups is 1. The second-order valence-corrected chi connectivity index (χ2v) is 4.14. The highest BCUT2D eigenvalue weighted by atomic mass is 16.3. The lowest BCUT2D eigenvalue weighted by molar-refractivity contribution is 0.238. The Morgan fingerprint density at radius 2 is 1.80 bits per heavy atom. The van der Waals surface area contributed by atoms with Gasteiger partial charge in [-0.2, -0.15) is 0 Å². The van der Waals surface area contributed by atoms with Gasteiger partial charge in [0.25, 0.3) is 0 Å². The topological polar surface area (TPSA) is 20.2 Å². The molecule has 0 aromatic heterocycles. The third-order valence-electron chi connectivity index (χ3n) is 2.22. The number of rotatable bonds is 3. The lowest BCUT2D eigenvalue weighted by Crippen LogP contribution is -1.96. The highest BCUT2D eigenvalue weighted by Gasteiger charge is 2.03. The molecule has 15 heavy (non-hydrogen) atoms. The average Bonchev–Trinajstić information content (AvgIpc) is 2.18. The predicted molar refractivity (Wildman–Crippen MR) is 63.4 cm³/mol. The lowest BCUT2D eigenvalue weighted by atomic mass is 10.0. The first-order valence-electron chi connectivity index (χ1n) is 5.32. The van der Waals surface area contributed by atoms with E-state index in [9.17, 15) is 5.11 Å². The molecule has 1 aromatic rings. The molecule has 1 N–H and O–H groups in total. The first-order chi connectivity index (χ1) is 7.13. The Morgan fingerprint density at radius 3 is 2.27 bits per heavy atom. The first-order valence-corrected chi connectivity index (χ1v) is 5.32. The largest absolute Gasteiger partial charge is 0.376 e. The summed E-state index contributed by atoms with van der Waals surface area (Å²) in [5, 5.41) is 9.62. The van der Waals surface area contributed by atoms with Crippen LogP contribution in [0.1, 0.15) is 38.0 Å². The van der Waals surface area contributed by atoms with Gasteiger partial charge in [0.1, 0.15) is 6.10 Å². The van der Waals surface area contributed by atoms with E-state index in [1.54, 1.807) is 6.92 Å². The van der Waals surface area contributed by atoms with E-state index in [-0.39, 0.29) is 0 Å². The summed E-state index contributed by atoms with van der Waals surface area (Å²) in [5.74, 6) is 6.10. The maximum absolute atomic E-state index is 9.62. The Hall–Kier alpha value is -1.26. The molecule has 1 aromatic carbocycles. The summed E-state index contributed by atoms with van der Waals surface area (Å²) in [6.07, 6.45) is 0.429. The van der Waals surface area contributed by atoms with E-state index in [1.807, 2.05) is 12.1 Å². The molecule has 1 atom stereocenters. The van der Waals surface area contributed by atoms with Gasteiger partial charge in [0.15, 0.2) is 0 Å². The molecule has 0 spiro atoms. The molecule has 80 valence electrons. The van der Waals surface area contributed by atoms with Crippen LogP contribution >= 0.6 is 0 Å².